The summed E-state index contributed by atoms with van der Waals surface area (Å²) in [5.41, 5.74) is 6.54. The van der Waals surface area contributed by atoms with E-state index >= 15 is 0 Å². The van der Waals surface area contributed by atoms with Crippen LogP contribution in [0.5, 0.6) is 0 Å². The lowest BCUT2D eigenvalue weighted by molar-refractivity contribution is -0.135. The summed E-state index contributed by atoms with van der Waals surface area (Å²) in [5.74, 6) is -0.215. The Bertz CT molecular complexity index is 495. The molecule has 118 valence electrons. The van der Waals surface area contributed by atoms with Crippen LogP contribution in [0.3, 0.4) is 0 Å². The van der Waals surface area contributed by atoms with Crippen molar-refractivity contribution in [2.75, 3.05) is 14.1 Å². The number of aryl methyl sites for hydroxylation is 1. The molecule has 0 saturated heterocycles. The molecule has 2 amide bonds. The van der Waals surface area contributed by atoms with Crippen LogP contribution in [0.15, 0.2) is 12.4 Å². The number of carbonyl (C=O) groups is 2. The van der Waals surface area contributed by atoms with Crippen molar-refractivity contribution in [1.29, 1.82) is 0 Å². The largest absolute Gasteiger partial charge is 0.347 e. The average molecular weight is 295 g/mol. The second-order valence-corrected chi connectivity index (χ2v) is 5.85. The van der Waals surface area contributed by atoms with Crippen LogP contribution in [0.25, 0.3) is 0 Å². The Labute approximate surface area is 125 Å². The molecule has 7 heteroatoms. The van der Waals surface area contributed by atoms with E-state index in [0.29, 0.717) is 12.0 Å². The monoisotopic (exact) mass is 295 g/mol. The van der Waals surface area contributed by atoms with E-state index in [0.717, 1.165) is 0 Å². The maximum atomic E-state index is 12.2. The van der Waals surface area contributed by atoms with Crippen molar-refractivity contribution in [3.8, 4) is 0 Å². The minimum atomic E-state index is -0.830. The Morgan fingerprint density at radius 3 is 2.48 bits per heavy atom. The van der Waals surface area contributed by atoms with Crippen LogP contribution in [-0.2, 0) is 16.6 Å². The minimum Gasteiger partial charge on any atom is -0.347 e. The number of hydrogen-bond donors (Lipinski definition) is 2. The summed E-state index contributed by atoms with van der Waals surface area (Å²) in [6, 6.07) is -1.39. The van der Waals surface area contributed by atoms with Crippen molar-refractivity contribution in [3.63, 3.8) is 0 Å². The standard InChI is InChI=1S/C14H25N5O2/c1-9(2)6-11(14(21)18(3)4)17-13(20)12(15)10-7-16-19(5)8-10/h7-9,11-12H,6,15H2,1-5H3,(H,17,20). The van der Waals surface area contributed by atoms with E-state index in [9.17, 15) is 9.59 Å². The van der Waals surface area contributed by atoms with Crippen molar-refractivity contribution in [2.24, 2.45) is 18.7 Å². The summed E-state index contributed by atoms with van der Waals surface area (Å²) in [6.45, 7) is 4.01. The molecular formula is C14H25N5O2. The highest BCUT2D eigenvalue weighted by Crippen LogP contribution is 2.11. The van der Waals surface area contributed by atoms with Gasteiger partial charge >= 0.3 is 0 Å². The highest BCUT2D eigenvalue weighted by Gasteiger charge is 2.26. The lowest BCUT2D eigenvalue weighted by Crippen LogP contribution is -2.49. The zero-order valence-electron chi connectivity index (χ0n) is 13.3. The molecule has 0 spiro atoms. The lowest BCUT2D eigenvalue weighted by atomic mass is 10.0. The summed E-state index contributed by atoms with van der Waals surface area (Å²) in [7, 11) is 5.09. The van der Waals surface area contributed by atoms with Crippen LogP contribution in [-0.4, -0.2) is 46.6 Å². The highest BCUT2D eigenvalue weighted by atomic mass is 16.2. The molecule has 0 saturated carbocycles. The second kappa shape index (κ2) is 7.21. The van der Waals surface area contributed by atoms with Gasteiger partial charge in [0.1, 0.15) is 12.1 Å². The van der Waals surface area contributed by atoms with Gasteiger partial charge in [0.05, 0.1) is 6.20 Å². The summed E-state index contributed by atoms with van der Waals surface area (Å²) < 4.78 is 1.58. The van der Waals surface area contributed by atoms with Gasteiger partial charge in [0, 0.05) is 32.9 Å². The number of likely N-dealkylation sites (N-methyl/N-ethyl adjacent to an activating group) is 1. The topological polar surface area (TPSA) is 93.2 Å². The third kappa shape index (κ3) is 4.86. The molecule has 0 bridgehead atoms. The summed E-state index contributed by atoms with van der Waals surface area (Å²) >= 11 is 0. The van der Waals surface area contributed by atoms with E-state index < -0.39 is 12.1 Å². The third-order valence-corrected chi connectivity index (χ3v) is 3.13. The Morgan fingerprint density at radius 2 is 2.05 bits per heavy atom. The van der Waals surface area contributed by atoms with Gasteiger partial charge in [-0.1, -0.05) is 13.8 Å². The first kappa shape index (κ1) is 17.2. The number of rotatable bonds is 6. The van der Waals surface area contributed by atoms with Crippen molar-refractivity contribution >= 4 is 11.8 Å². The number of hydrogen-bond acceptors (Lipinski definition) is 4. The summed E-state index contributed by atoms with van der Waals surface area (Å²) in [5, 5.41) is 6.74. The molecule has 0 radical (unpaired) electrons. The number of aromatic nitrogens is 2. The molecule has 1 heterocycles. The first-order chi connectivity index (χ1) is 9.72. The lowest BCUT2D eigenvalue weighted by Gasteiger charge is -2.24. The first-order valence-corrected chi connectivity index (χ1v) is 6.98. The number of nitrogens with one attached hydrogen (secondary N) is 1. The van der Waals surface area contributed by atoms with Crippen molar-refractivity contribution < 1.29 is 9.59 Å². The summed E-state index contributed by atoms with van der Waals surface area (Å²) in [6.07, 6.45) is 3.81. The average Bonchev–Trinajstić information content (AvgIpc) is 2.82. The van der Waals surface area contributed by atoms with Crippen LogP contribution in [0, 0.1) is 5.92 Å². The van der Waals surface area contributed by atoms with Crippen LogP contribution >= 0.6 is 0 Å². The van der Waals surface area contributed by atoms with Crippen molar-refractivity contribution in [3.05, 3.63) is 18.0 Å². The number of nitrogens with zero attached hydrogens (tertiary/aromatic N) is 3. The van der Waals surface area contributed by atoms with E-state index in [4.69, 9.17) is 5.73 Å². The van der Waals surface area contributed by atoms with E-state index in [1.807, 2.05) is 13.8 Å². The molecule has 1 rings (SSSR count). The molecule has 0 aliphatic rings. The quantitative estimate of drug-likeness (QED) is 0.775. The van der Waals surface area contributed by atoms with Gasteiger partial charge in [-0.05, 0) is 12.3 Å². The number of carbonyl (C=O) groups excluding carboxylic acids is 2. The SMILES string of the molecule is CC(C)CC(NC(=O)C(N)c1cnn(C)c1)C(=O)N(C)C. The molecule has 0 aliphatic heterocycles. The Hall–Kier alpha value is -1.89. The minimum absolute atomic E-state index is 0.129. The molecule has 0 aliphatic carbocycles. The van der Waals surface area contributed by atoms with Crippen LogP contribution < -0.4 is 11.1 Å². The van der Waals surface area contributed by atoms with Gasteiger partial charge < -0.3 is 16.0 Å². The molecule has 2 atom stereocenters. The van der Waals surface area contributed by atoms with E-state index in [-0.39, 0.29) is 17.7 Å². The zero-order chi connectivity index (χ0) is 16.2. The third-order valence-electron chi connectivity index (χ3n) is 3.13. The van der Waals surface area contributed by atoms with Gasteiger partial charge in [0.25, 0.3) is 0 Å². The van der Waals surface area contributed by atoms with Crippen molar-refractivity contribution in [2.45, 2.75) is 32.4 Å². The van der Waals surface area contributed by atoms with Gasteiger partial charge in [-0.15, -0.1) is 0 Å². The molecule has 1 aromatic heterocycles. The van der Waals surface area contributed by atoms with Gasteiger partial charge in [-0.2, -0.15) is 5.10 Å². The van der Waals surface area contributed by atoms with E-state index in [1.165, 1.54) is 4.90 Å². The van der Waals surface area contributed by atoms with Crippen LogP contribution in [0.2, 0.25) is 0 Å². The first-order valence-electron chi connectivity index (χ1n) is 6.98. The molecule has 0 fully saturated rings. The van der Waals surface area contributed by atoms with Gasteiger partial charge in [0.15, 0.2) is 0 Å². The Kier molecular flexibility index (Phi) is 5.90. The van der Waals surface area contributed by atoms with E-state index in [2.05, 4.69) is 10.4 Å². The fourth-order valence-electron chi connectivity index (χ4n) is 2.02. The normalized spacial score (nSPS) is 13.9. The Balaban J connectivity index is 2.77. The van der Waals surface area contributed by atoms with E-state index in [1.54, 1.807) is 38.2 Å². The fourth-order valence-corrected chi connectivity index (χ4v) is 2.02. The molecule has 1 aromatic rings. The zero-order valence-corrected chi connectivity index (χ0v) is 13.3. The molecule has 21 heavy (non-hydrogen) atoms. The smallest absolute Gasteiger partial charge is 0.244 e. The van der Waals surface area contributed by atoms with Crippen LogP contribution in [0.1, 0.15) is 31.9 Å². The summed E-state index contributed by atoms with van der Waals surface area (Å²) in [4.78, 5) is 25.8. The number of nitrogens with two attached hydrogens (primary N) is 1. The highest BCUT2D eigenvalue weighted by molar-refractivity contribution is 5.90. The van der Waals surface area contributed by atoms with Crippen molar-refractivity contribution in [1.82, 2.24) is 20.0 Å². The molecule has 0 aromatic carbocycles. The van der Waals surface area contributed by atoms with Gasteiger partial charge in [-0.3, -0.25) is 14.3 Å². The van der Waals surface area contributed by atoms with Gasteiger partial charge in [-0.25, -0.2) is 0 Å². The predicted octanol–water partition coefficient (Wildman–Crippen LogP) is 0.0390. The Morgan fingerprint density at radius 1 is 1.43 bits per heavy atom. The predicted molar refractivity (Wildman–Crippen MR) is 80.2 cm³/mol. The maximum absolute atomic E-state index is 12.2. The number of amides is 2. The van der Waals surface area contributed by atoms with Crippen LogP contribution in [0.4, 0.5) is 0 Å². The fraction of sp³-hybridized carbons (Fsp3) is 0.643. The second-order valence-electron chi connectivity index (χ2n) is 5.85. The molecule has 7 nitrogen and oxygen atoms in total. The molecule has 3 N–H and O–H groups in total. The molecule has 2 unspecified atom stereocenters. The maximum Gasteiger partial charge on any atom is 0.244 e. The molecular weight excluding hydrogens is 270 g/mol. The van der Waals surface area contributed by atoms with Gasteiger partial charge in [0.2, 0.25) is 11.8 Å².